The third-order valence-electron chi connectivity index (χ3n) is 2.92. The molecule has 0 radical (unpaired) electrons. The van der Waals surface area contributed by atoms with Crippen LogP contribution in [0.4, 0.5) is 0 Å². The molecule has 1 heterocycles. The largest absolute Gasteiger partial charge is 0.310 e. The highest BCUT2D eigenvalue weighted by Crippen LogP contribution is 2.27. The van der Waals surface area contributed by atoms with Crippen molar-refractivity contribution in [3.8, 4) is 0 Å². The van der Waals surface area contributed by atoms with Gasteiger partial charge in [0.2, 0.25) is 0 Å². The molecule has 1 aliphatic rings. The maximum absolute atomic E-state index is 5.94. The molecule has 1 aromatic carbocycles. The van der Waals surface area contributed by atoms with Gasteiger partial charge in [-0.1, -0.05) is 24.1 Å². The standard InChI is InChI=1S/C12H16ClN.ClH/c1-9-8-10(13)5-6-11(9)12-4-2-3-7-14-12;/h5-6,8,12,14H,2-4,7H2,1H3;1H/t12-;/m0./s1. The fourth-order valence-electron chi connectivity index (χ4n) is 2.15. The van der Waals surface area contributed by atoms with Crippen molar-refractivity contribution in [2.45, 2.75) is 32.2 Å². The Morgan fingerprint density at radius 1 is 1.33 bits per heavy atom. The fraction of sp³-hybridized carbons (Fsp3) is 0.500. The lowest BCUT2D eigenvalue weighted by Gasteiger charge is -2.25. The molecule has 0 unspecified atom stereocenters. The average Bonchev–Trinajstić information content (AvgIpc) is 2.19. The first kappa shape index (κ1) is 12.8. The second-order valence-corrected chi connectivity index (χ2v) is 4.44. The molecule has 3 heteroatoms. The van der Waals surface area contributed by atoms with E-state index in [1.807, 2.05) is 12.1 Å². The normalized spacial score (nSPS) is 20.8. The van der Waals surface area contributed by atoms with E-state index in [9.17, 15) is 0 Å². The Labute approximate surface area is 103 Å². The quantitative estimate of drug-likeness (QED) is 0.792. The second-order valence-electron chi connectivity index (χ2n) is 4.00. The average molecular weight is 246 g/mol. The van der Waals surface area contributed by atoms with E-state index < -0.39 is 0 Å². The van der Waals surface area contributed by atoms with Crippen LogP contribution in [0.2, 0.25) is 5.02 Å². The monoisotopic (exact) mass is 245 g/mol. The van der Waals surface area contributed by atoms with Crippen LogP contribution in [-0.2, 0) is 0 Å². The van der Waals surface area contributed by atoms with Crippen molar-refractivity contribution in [3.05, 3.63) is 34.3 Å². The molecule has 84 valence electrons. The van der Waals surface area contributed by atoms with Gasteiger partial charge in [-0.05, 0) is 49.6 Å². The predicted molar refractivity (Wildman–Crippen MR) is 68.0 cm³/mol. The number of rotatable bonds is 1. The summed E-state index contributed by atoms with van der Waals surface area (Å²) in [5.74, 6) is 0. The SMILES string of the molecule is Cc1cc(Cl)ccc1[C@@H]1CCCCN1.Cl. The number of piperidine rings is 1. The Hall–Kier alpha value is -0.240. The van der Waals surface area contributed by atoms with Crippen LogP contribution in [0.25, 0.3) is 0 Å². The summed E-state index contributed by atoms with van der Waals surface area (Å²) in [5, 5.41) is 4.39. The molecule has 1 atom stereocenters. The molecule has 1 N–H and O–H groups in total. The van der Waals surface area contributed by atoms with Gasteiger partial charge in [-0.3, -0.25) is 0 Å². The highest BCUT2D eigenvalue weighted by molar-refractivity contribution is 6.30. The Balaban J connectivity index is 0.00000112. The Morgan fingerprint density at radius 3 is 2.73 bits per heavy atom. The maximum atomic E-state index is 5.94. The molecule has 1 aromatic rings. The Kier molecular flexibility index (Phi) is 4.91. The van der Waals surface area contributed by atoms with E-state index in [-0.39, 0.29) is 12.4 Å². The van der Waals surface area contributed by atoms with E-state index in [1.54, 1.807) is 0 Å². The molecule has 0 aliphatic carbocycles. The lowest BCUT2D eigenvalue weighted by atomic mass is 9.94. The minimum atomic E-state index is 0. The smallest absolute Gasteiger partial charge is 0.0408 e. The number of hydrogen-bond donors (Lipinski definition) is 1. The van der Waals surface area contributed by atoms with Crippen LogP contribution in [0.5, 0.6) is 0 Å². The molecule has 0 saturated carbocycles. The van der Waals surface area contributed by atoms with Crippen LogP contribution in [0.1, 0.15) is 36.4 Å². The van der Waals surface area contributed by atoms with E-state index in [0.717, 1.165) is 11.6 Å². The lowest BCUT2D eigenvalue weighted by Crippen LogP contribution is -2.27. The van der Waals surface area contributed by atoms with Gasteiger partial charge >= 0.3 is 0 Å². The van der Waals surface area contributed by atoms with Crippen molar-refractivity contribution in [1.29, 1.82) is 0 Å². The molecule has 1 fully saturated rings. The molecule has 0 aromatic heterocycles. The van der Waals surface area contributed by atoms with Crippen LogP contribution < -0.4 is 5.32 Å². The molecular weight excluding hydrogens is 229 g/mol. The molecule has 0 spiro atoms. The third kappa shape index (κ3) is 3.10. The predicted octanol–water partition coefficient (Wildman–Crippen LogP) is 3.88. The van der Waals surface area contributed by atoms with Gasteiger partial charge < -0.3 is 5.32 Å². The summed E-state index contributed by atoms with van der Waals surface area (Å²) in [6, 6.07) is 6.73. The van der Waals surface area contributed by atoms with Crippen LogP contribution in [0.15, 0.2) is 18.2 Å². The number of hydrogen-bond acceptors (Lipinski definition) is 1. The summed E-state index contributed by atoms with van der Waals surface area (Å²) >= 11 is 5.94. The van der Waals surface area contributed by atoms with Crippen molar-refractivity contribution < 1.29 is 0 Å². The summed E-state index contributed by atoms with van der Waals surface area (Å²) in [7, 11) is 0. The molecule has 1 aliphatic heterocycles. The fourth-order valence-corrected chi connectivity index (χ4v) is 2.37. The zero-order valence-corrected chi connectivity index (χ0v) is 10.5. The first-order valence-electron chi connectivity index (χ1n) is 5.27. The van der Waals surface area contributed by atoms with Gasteiger partial charge in [-0.15, -0.1) is 12.4 Å². The van der Waals surface area contributed by atoms with Gasteiger partial charge in [0, 0.05) is 11.1 Å². The maximum Gasteiger partial charge on any atom is 0.0408 e. The summed E-state index contributed by atoms with van der Waals surface area (Å²) in [6.07, 6.45) is 3.89. The van der Waals surface area contributed by atoms with Gasteiger partial charge in [-0.25, -0.2) is 0 Å². The van der Waals surface area contributed by atoms with Gasteiger partial charge in [0.15, 0.2) is 0 Å². The van der Waals surface area contributed by atoms with E-state index in [4.69, 9.17) is 11.6 Å². The molecule has 2 rings (SSSR count). The van der Waals surface area contributed by atoms with Gasteiger partial charge in [0.05, 0.1) is 0 Å². The van der Waals surface area contributed by atoms with E-state index >= 15 is 0 Å². The zero-order valence-electron chi connectivity index (χ0n) is 8.92. The number of aryl methyl sites for hydroxylation is 1. The van der Waals surface area contributed by atoms with Crippen LogP contribution in [0, 0.1) is 6.92 Å². The van der Waals surface area contributed by atoms with Crippen LogP contribution in [-0.4, -0.2) is 6.54 Å². The molecule has 1 saturated heterocycles. The van der Waals surface area contributed by atoms with E-state index in [2.05, 4.69) is 18.3 Å². The molecular formula is C12H17Cl2N. The highest BCUT2D eigenvalue weighted by atomic mass is 35.5. The third-order valence-corrected chi connectivity index (χ3v) is 3.15. The molecule has 15 heavy (non-hydrogen) atoms. The summed E-state index contributed by atoms with van der Waals surface area (Å²) in [4.78, 5) is 0. The lowest BCUT2D eigenvalue weighted by molar-refractivity contribution is 0.411. The summed E-state index contributed by atoms with van der Waals surface area (Å²) in [6.45, 7) is 3.28. The highest BCUT2D eigenvalue weighted by Gasteiger charge is 2.15. The van der Waals surface area contributed by atoms with E-state index in [0.29, 0.717) is 6.04 Å². The minimum absolute atomic E-state index is 0. The number of halogens is 2. The minimum Gasteiger partial charge on any atom is -0.310 e. The molecule has 0 bridgehead atoms. The van der Waals surface area contributed by atoms with Gasteiger partial charge in [0.1, 0.15) is 0 Å². The van der Waals surface area contributed by atoms with Crippen molar-refractivity contribution in [1.82, 2.24) is 5.32 Å². The Morgan fingerprint density at radius 2 is 2.13 bits per heavy atom. The van der Waals surface area contributed by atoms with Crippen molar-refractivity contribution >= 4 is 24.0 Å². The van der Waals surface area contributed by atoms with Crippen molar-refractivity contribution in [2.24, 2.45) is 0 Å². The first-order chi connectivity index (χ1) is 6.77. The molecule has 0 amide bonds. The topological polar surface area (TPSA) is 12.0 Å². The summed E-state index contributed by atoms with van der Waals surface area (Å²) < 4.78 is 0. The van der Waals surface area contributed by atoms with Crippen LogP contribution >= 0.6 is 24.0 Å². The van der Waals surface area contributed by atoms with Crippen LogP contribution in [0.3, 0.4) is 0 Å². The van der Waals surface area contributed by atoms with Crippen molar-refractivity contribution in [3.63, 3.8) is 0 Å². The second kappa shape index (κ2) is 5.74. The van der Waals surface area contributed by atoms with Gasteiger partial charge in [0.25, 0.3) is 0 Å². The number of benzene rings is 1. The summed E-state index contributed by atoms with van der Waals surface area (Å²) in [5.41, 5.74) is 2.71. The van der Waals surface area contributed by atoms with Crippen molar-refractivity contribution in [2.75, 3.05) is 6.54 Å². The number of nitrogens with one attached hydrogen (secondary N) is 1. The van der Waals surface area contributed by atoms with Gasteiger partial charge in [-0.2, -0.15) is 0 Å². The molecule has 1 nitrogen and oxygen atoms in total. The van der Waals surface area contributed by atoms with E-state index in [1.165, 1.54) is 30.4 Å². The first-order valence-corrected chi connectivity index (χ1v) is 5.64. The zero-order chi connectivity index (χ0) is 9.97. The Bertz CT molecular complexity index is 319.